The van der Waals surface area contributed by atoms with E-state index >= 15 is 0 Å². The molecule has 0 atom stereocenters. The zero-order valence-electron chi connectivity index (χ0n) is 12.8. The minimum Gasteiger partial charge on any atom is -0.507 e. The van der Waals surface area contributed by atoms with Crippen molar-refractivity contribution < 1.29 is 5.11 Å². The van der Waals surface area contributed by atoms with Crippen molar-refractivity contribution in [2.24, 2.45) is 4.99 Å². The van der Waals surface area contributed by atoms with Crippen LogP contribution in [0.1, 0.15) is 30.9 Å². The normalized spacial score (nSPS) is 11.6. The fraction of sp³-hybridized carbons (Fsp3) is 0.150. The average molecular weight is 289 g/mol. The van der Waals surface area contributed by atoms with Crippen LogP contribution in [-0.2, 0) is 0 Å². The molecule has 0 aromatic heterocycles. The van der Waals surface area contributed by atoms with Crippen LogP contribution in [0.15, 0.2) is 65.7 Å². The van der Waals surface area contributed by atoms with Crippen LogP contribution in [0, 0.1) is 0 Å². The lowest BCUT2D eigenvalue weighted by Crippen LogP contribution is -1.89. The van der Waals surface area contributed by atoms with Gasteiger partial charge in [0.15, 0.2) is 0 Å². The van der Waals surface area contributed by atoms with Gasteiger partial charge >= 0.3 is 0 Å². The maximum Gasteiger partial charge on any atom is 0.124 e. The van der Waals surface area contributed by atoms with Crippen LogP contribution in [-0.4, -0.2) is 11.3 Å². The number of rotatable bonds is 3. The smallest absolute Gasteiger partial charge is 0.124 e. The monoisotopic (exact) mass is 289 g/mol. The minimum atomic E-state index is 0.254. The van der Waals surface area contributed by atoms with E-state index < -0.39 is 0 Å². The van der Waals surface area contributed by atoms with Gasteiger partial charge in [0.2, 0.25) is 0 Å². The molecule has 0 aliphatic carbocycles. The largest absolute Gasteiger partial charge is 0.507 e. The van der Waals surface area contributed by atoms with Crippen LogP contribution < -0.4 is 0 Å². The zero-order valence-corrected chi connectivity index (χ0v) is 12.8. The van der Waals surface area contributed by atoms with Crippen LogP contribution >= 0.6 is 0 Å². The molecule has 22 heavy (non-hydrogen) atoms. The van der Waals surface area contributed by atoms with Gasteiger partial charge in [-0.05, 0) is 34.4 Å². The number of aromatic hydroxyl groups is 1. The Hall–Kier alpha value is -2.61. The molecule has 3 rings (SSSR count). The minimum absolute atomic E-state index is 0.254. The second-order valence-electron chi connectivity index (χ2n) is 5.69. The van der Waals surface area contributed by atoms with E-state index in [2.05, 4.69) is 24.9 Å². The average Bonchev–Trinajstić information content (AvgIpc) is 2.54. The predicted octanol–water partition coefficient (Wildman–Crippen LogP) is 5.42. The van der Waals surface area contributed by atoms with E-state index in [1.165, 1.54) is 5.56 Å². The Morgan fingerprint density at radius 1 is 0.909 bits per heavy atom. The molecule has 0 fully saturated rings. The number of aliphatic imine (C=N–C) groups is 1. The van der Waals surface area contributed by atoms with E-state index in [-0.39, 0.29) is 5.75 Å². The first-order valence-electron chi connectivity index (χ1n) is 7.50. The van der Waals surface area contributed by atoms with Crippen molar-refractivity contribution in [2.45, 2.75) is 19.8 Å². The quantitative estimate of drug-likeness (QED) is 0.642. The highest BCUT2D eigenvalue weighted by atomic mass is 16.3. The summed E-state index contributed by atoms with van der Waals surface area (Å²) in [5.74, 6) is 0.666. The van der Waals surface area contributed by atoms with Crippen molar-refractivity contribution in [2.75, 3.05) is 0 Å². The molecule has 3 aromatic carbocycles. The maximum absolute atomic E-state index is 10.2. The van der Waals surface area contributed by atoms with Crippen LogP contribution in [0.5, 0.6) is 5.75 Å². The molecule has 2 nitrogen and oxygen atoms in total. The van der Waals surface area contributed by atoms with Crippen molar-refractivity contribution >= 4 is 22.7 Å². The first-order valence-corrected chi connectivity index (χ1v) is 7.50. The first kappa shape index (κ1) is 14.3. The van der Waals surface area contributed by atoms with Crippen LogP contribution in [0.2, 0.25) is 0 Å². The van der Waals surface area contributed by atoms with Crippen molar-refractivity contribution in [1.29, 1.82) is 0 Å². The molecule has 3 aromatic rings. The van der Waals surface area contributed by atoms with E-state index in [4.69, 9.17) is 0 Å². The van der Waals surface area contributed by atoms with Gasteiger partial charge in [-0.25, -0.2) is 0 Å². The van der Waals surface area contributed by atoms with Crippen LogP contribution in [0.25, 0.3) is 10.8 Å². The Balaban J connectivity index is 2.09. The lowest BCUT2D eigenvalue weighted by molar-refractivity contribution is 0.475. The number of hydrogen-bond acceptors (Lipinski definition) is 2. The standard InChI is InChI=1S/C20H19NO/c1-14(2)16-8-5-6-10-19(16)21-13-18-17-9-4-3-7-15(17)11-12-20(18)22/h3-14,22H,1-2H3. The zero-order chi connectivity index (χ0) is 15.5. The fourth-order valence-corrected chi connectivity index (χ4v) is 2.65. The Labute approximate surface area is 130 Å². The van der Waals surface area contributed by atoms with Gasteiger partial charge in [0.05, 0.1) is 5.69 Å². The Morgan fingerprint density at radius 2 is 1.64 bits per heavy atom. The second kappa shape index (κ2) is 6.02. The maximum atomic E-state index is 10.2. The highest BCUT2D eigenvalue weighted by Gasteiger charge is 2.06. The van der Waals surface area contributed by atoms with Crippen LogP contribution in [0.4, 0.5) is 5.69 Å². The van der Waals surface area contributed by atoms with Gasteiger partial charge in [-0.3, -0.25) is 4.99 Å². The van der Waals surface area contributed by atoms with Gasteiger partial charge in [-0.2, -0.15) is 0 Å². The van der Waals surface area contributed by atoms with E-state index in [1.807, 2.05) is 48.5 Å². The van der Waals surface area contributed by atoms with Gasteiger partial charge in [0.25, 0.3) is 0 Å². The Morgan fingerprint density at radius 3 is 2.45 bits per heavy atom. The molecular weight excluding hydrogens is 270 g/mol. The van der Waals surface area contributed by atoms with Gasteiger partial charge in [0, 0.05) is 11.8 Å². The molecule has 2 heteroatoms. The van der Waals surface area contributed by atoms with Crippen molar-refractivity contribution in [3.63, 3.8) is 0 Å². The third-order valence-electron chi connectivity index (χ3n) is 3.84. The van der Waals surface area contributed by atoms with Crippen molar-refractivity contribution in [3.8, 4) is 5.75 Å². The first-order chi connectivity index (χ1) is 10.7. The number of phenolic OH excluding ortho intramolecular Hbond substituents is 1. The van der Waals surface area contributed by atoms with E-state index in [0.29, 0.717) is 5.92 Å². The lowest BCUT2D eigenvalue weighted by Gasteiger charge is -2.09. The Kier molecular flexibility index (Phi) is 3.92. The van der Waals surface area contributed by atoms with Gasteiger partial charge in [-0.1, -0.05) is 62.4 Å². The van der Waals surface area contributed by atoms with E-state index in [9.17, 15) is 5.11 Å². The van der Waals surface area contributed by atoms with Crippen molar-refractivity contribution in [3.05, 3.63) is 71.8 Å². The topological polar surface area (TPSA) is 32.6 Å². The predicted molar refractivity (Wildman–Crippen MR) is 93.4 cm³/mol. The summed E-state index contributed by atoms with van der Waals surface area (Å²) in [5.41, 5.74) is 2.92. The number of benzene rings is 3. The number of phenols is 1. The molecule has 0 bridgehead atoms. The number of hydrogen-bond donors (Lipinski definition) is 1. The molecule has 0 aliphatic heterocycles. The molecule has 0 saturated carbocycles. The number of para-hydroxylation sites is 1. The molecule has 110 valence electrons. The summed E-state index contributed by atoms with van der Waals surface area (Å²) in [6.07, 6.45) is 1.76. The summed E-state index contributed by atoms with van der Waals surface area (Å²) in [6.45, 7) is 4.31. The summed E-state index contributed by atoms with van der Waals surface area (Å²) in [4.78, 5) is 4.62. The summed E-state index contributed by atoms with van der Waals surface area (Å²) in [7, 11) is 0. The Bertz CT molecular complexity index is 834. The van der Waals surface area contributed by atoms with Crippen molar-refractivity contribution in [1.82, 2.24) is 0 Å². The molecule has 0 unspecified atom stereocenters. The molecular formula is C20H19NO. The lowest BCUT2D eigenvalue weighted by atomic mass is 10.0. The van der Waals surface area contributed by atoms with Gasteiger partial charge in [0.1, 0.15) is 5.75 Å². The summed E-state index contributed by atoms with van der Waals surface area (Å²) in [6, 6.07) is 19.8. The van der Waals surface area contributed by atoms with E-state index in [1.54, 1.807) is 12.3 Å². The highest BCUT2D eigenvalue weighted by Crippen LogP contribution is 2.29. The molecule has 1 N–H and O–H groups in total. The number of fused-ring (bicyclic) bond motifs is 1. The van der Waals surface area contributed by atoms with Crippen LogP contribution in [0.3, 0.4) is 0 Å². The number of nitrogens with zero attached hydrogens (tertiary/aromatic N) is 1. The fourth-order valence-electron chi connectivity index (χ4n) is 2.65. The SMILES string of the molecule is CC(C)c1ccccc1N=Cc1c(O)ccc2ccccc12. The molecule has 0 saturated heterocycles. The molecule has 0 spiro atoms. The summed E-state index contributed by atoms with van der Waals surface area (Å²) >= 11 is 0. The molecule has 0 radical (unpaired) electrons. The summed E-state index contributed by atoms with van der Waals surface area (Å²) in [5, 5.41) is 12.3. The second-order valence-corrected chi connectivity index (χ2v) is 5.69. The van der Waals surface area contributed by atoms with Gasteiger partial charge < -0.3 is 5.11 Å². The third kappa shape index (κ3) is 2.73. The molecule has 0 amide bonds. The highest BCUT2D eigenvalue weighted by molar-refractivity contribution is 6.03. The van der Waals surface area contributed by atoms with E-state index in [0.717, 1.165) is 22.0 Å². The molecule has 0 aliphatic rings. The molecule has 0 heterocycles. The van der Waals surface area contributed by atoms with Gasteiger partial charge in [-0.15, -0.1) is 0 Å². The third-order valence-corrected chi connectivity index (χ3v) is 3.84. The summed E-state index contributed by atoms with van der Waals surface area (Å²) < 4.78 is 0.